The number of aryl methyl sites for hydroxylation is 2. The Kier molecular flexibility index (Phi) is 4.96. The molecule has 0 aliphatic carbocycles. The van der Waals surface area contributed by atoms with Gasteiger partial charge < -0.3 is 10.0 Å². The second-order valence-corrected chi connectivity index (χ2v) is 5.69. The van der Waals surface area contributed by atoms with Crippen LogP contribution >= 0.6 is 15.9 Å². The summed E-state index contributed by atoms with van der Waals surface area (Å²) in [6.07, 6.45) is 3.24. The predicted molar refractivity (Wildman–Crippen MR) is 81.2 cm³/mol. The number of hydrogen-bond donors (Lipinski definition) is 1. The van der Waals surface area contributed by atoms with Crippen LogP contribution in [0.15, 0.2) is 22.9 Å². The van der Waals surface area contributed by atoms with E-state index in [4.69, 9.17) is 5.11 Å². The molecular formula is C13H16BrN5O3. The maximum Gasteiger partial charge on any atom is 0.305 e. The van der Waals surface area contributed by atoms with E-state index in [0.29, 0.717) is 6.54 Å². The fraction of sp³-hybridized carbons (Fsp3) is 0.385. The largest absolute Gasteiger partial charge is 0.481 e. The van der Waals surface area contributed by atoms with Gasteiger partial charge in [-0.3, -0.25) is 19.0 Å². The number of carboxylic acids is 1. The standard InChI is InChI=1S/C13H16BrN5O3/c1-17(8-11-9(14)7-15-18(11)2)13(22)10-3-5-19(16-10)6-4-12(20)21/h3,5,7H,4,6,8H2,1-2H3,(H,20,21). The lowest BCUT2D eigenvalue weighted by atomic mass is 10.3. The third-order valence-electron chi connectivity index (χ3n) is 3.16. The Bertz CT molecular complexity index is 674. The molecule has 0 aliphatic rings. The molecule has 2 aromatic heterocycles. The first-order chi connectivity index (χ1) is 10.4. The van der Waals surface area contributed by atoms with E-state index in [1.165, 1.54) is 9.58 Å². The lowest BCUT2D eigenvalue weighted by Gasteiger charge is -2.16. The van der Waals surface area contributed by atoms with Crippen LogP contribution in [-0.2, 0) is 24.9 Å². The summed E-state index contributed by atoms with van der Waals surface area (Å²) >= 11 is 3.39. The van der Waals surface area contributed by atoms with Crippen molar-refractivity contribution in [1.82, 2.24) is 24.5 Å². The monoisotopic (exact) mass is 369 g/mol. The van der Waals surface area contributed by atoms with Crippen molar-refractivity contribution in [2.45, 2.75) is 19.5 Å². The van der Waals surface area contributed by atoms with Crippen molar-refractivity contribution < 1.29 is 14.7 Å². The highest BCUT2D eigenvalue weighted by Crippen LogP contribution is 2.17. The molecule has 0 spiro atoms. The zero-order valence-corrected chi connectivity index (χ0v) is 13.8. The zero-order valence-electron chi connectivity index (χ0n) is 12.2. The molecule has 0 radical (unpaired) electrons. The number of carboxylic acid groups (broad SMARTS) is 1. The molecule has 9 heteroatoms. The summed E-state index contributed by atoms with van der Waals surface area (Å²) in [4.78, 5) is 24.4. The third-order valence-corrected chi connectivity index (χ3v) is 3.82. The van der Waals surface area contributed by atoms with E-state index in [0.717, 1.165) is 10.2 Å². The van der Waals surface area contributed by atoms with Gasteiger partial charge in [-0.25, -0.2) is 0 Å². The summed E-state index contributed by atoms with van der Waals surface area (Å²) in [7, 11) is 3.48. The van der Waals surface area contributed by atoms with Gasteiger partial charge >= 0.3 is 5.97 Å². The van der Waals surface area contributed by atoms with Gasteiger partial charge in [0.1, 0.15) is 5.69 Å². The minimum atomic E-state index is -0.901. The maximum absolute atomic E-state index is 12.3. The molecular weight excluding hydrogens is 354 g/mol. The number of nitrogens with zero attached hydrogens (tertiary/aromatic N) is 5. The zero-order chi connectivity index (χ0) is 16.3. The molecule has 8 nitrogen and oxygen atoms in total. The van der Waals surface area contributed by atoms with E-state index in [1.807, 2.05) is 0 Å². The first kappa shape index (κ1) is 16.2. The Hall–Kier alpha value is -2.16. The van der Waals surface area contributed by atoms with Gasteiger partial charge in [0.15, 0.2) is 0 Å². The van der Waals surface area contributed by atoms with Crippen molar-refractivity contribution in [3.05, 3.63) is 34.3 Å². The summed E-state index contributed by atoms with van der Waals surface area (Å²) in [5.74, 6) is -1.14. The van der Waals surface area contributed by atoms with Crippen molar-refractivity contribution >= 4 is 27.8 Å². The Labute approximate surface area is 135 Å². The van der Waals surface area contributed by atoms with Gasteiger partial charge in [0.05, 0.1) is 35.9 Å². The number of aliphatic carboxylic acids is 1. The summed E-state index contributed by atoms with van der Waals surface area (Å²) in [6, 6.07) is 1.58. The molecule has 2 heterocycles. The van der Waals surface area contributed by atoms with Crippen LogP contribution in [0.3, 0.4) is 0 Å². The number of hydrogen-bond acceptors (Lipinski definition) is 4. The maximum atomic E-state index is 12.3. The van der Waals surface area contributed by atoms with E-state index in [2.05, 4.69) is 26.1 Å². The second kappa shape index (κ2) is 6.73. The number of rotatable bonds is 6. The van der Waals surface area contributed by atoms with E-state index < -0.39 is 5.97 Å². The van der Waals surface area contributed by atoms with Gasteiger partial charge in [-0.2, -0.15) is 10.2 Å². The van der Waals surface area contributed by atoms with Crippen LogP contribution in [-0.4, -0.2) is 48.5 Å². The Morgan fingerprint density at radius 1 is 1.45 bits per heavy atom. The van der Waals surface area contributed by atoms with Gasteiger partial charge in [0, 0.05) is 20.3 Å². The number of carbonyl (C=O) groups excluding carboxylic acids is 1. The number of aromatic nitrogens is 4. The van der Waals surface area contributed by atoms with Gasteiger partial charge in [0.25, 0.3) is 5.91 Å². The topological polar surface area (TPSA) is 93.2 Å². The highest BCUT2D eigenvalue weighted by atomic mass is 79.9. The minimum absolute atomic E-state index is 0.0346. The van der Waals surface area contributed by atoms with Crippen LogP contribution < -0.4 is 0 Å². The molecule has 0 bridgehead atoms. The summed E-state index contributed by atoms with van der Waals surface area (Å²) in [5, 5.41) is 16.9. The Morgan fingerprint density at radius 3 is 2.77 bits per heavy atom. The van der Waals surface area contributed by atoms with Crippen LogP contribution in [0.1, 0.15) is 22.6 Å². The highest BCUT2D eigenvalue weighted by Gasteiger charge is 2.18. The molecule has 1 amide bonds. The summed E-state index contributed by atoms with van der Waals surface area (Å²) in [5.41, 5.74) is 1.16. The molecule has 2 aromatic rings. The van der Waals surface area contributed by atoms with Crippen LogP contribution in [0, 0.1) is 0 Å². The molecule has 0 aliphatic heterocycles. The molecule has 2 rings (SSSR count). The van der Waals surface area contributed by atoms with Gasteiger partial charge in [-0.15, -0.1) is 0 Å². The van der Waals surface area contributed by atoms with Gasteiger partial charge in [0.2, 0.25) is 0 Å². The van der Waals surface area contributed by atoms with Crippen molar-refractivity contribution in [2.24, 2.45) is 7.05 Å². The van der Waals surface area contributed by atoms with Gasteiger partial charge in [-0.1, -0.05) is 0 Å². The van der Waals surface area contributed by atoms with Crippen LogP contribution in [0.25, 0.3) is 0 Å². The summed E-state index contributed by atoms with van der Waals surface area (Å²) < 4.78 is 3.98. The molecule has 0 atom stereocenters. The fourth-order valence-corrected chi connectivity index (χ4v) is 2.39. The first-order valence-electron chi connectivity index (χ1n) is 6.55. The van der Waals surface area contributed by atoms with E-state index >= 15 is 0 Å². The normalized spacial score (nSPS) is 10.7. The summed E-state index contributed by atoms with van der Waals surface area (Å²) in [6.45, 7) is 0.623. The van der Waals surface area contributed by atoms with E-state index in [1.54, 1.807) is 37.2 Å². The minimum Gasteiger partial charge on any atom is -0.481 e. The third kappa shape index (κ3) is 3.73. The quantitative estimate of drug-likeness (QED) is 0.823. The van der Waals surface area contributed by atoms with Crippen molar-refractivity contribution in [3.63, 3.8) is 0 Å². The smallest absolute Gasteiger partial charge is 0.305 e. The average molecular weight is 370 g/mol. The van der Waals surface area contributed by atoms with Crippen molar-refractivity contribution in [2.75, 3.05) is 7.05 Å². The van der Waals surface area contributed by atoms with E-state index in [-0.39, 0.29) is 24.6 Å². The second-order valence-electron chi connectivity index (χ2n) is 4.83. The van der Waals surface area contributed by atoms with Gasteiger partial charge in [-0.05, 0) is 22.0 Å². The predicted octanol–water partition coefficient (Wildman–Crippen LogP) is 1.13. The molecule has 0 saturated carbocycles. The first-order valence-corrected chi connectivity index (χ1v) is 7.35. The van der Waals surface area contributed by atoms with Crippen molar-refractivity contribution in [3.8, 4) is 0 Å². The Balaban J connectivity index is 2.03. The molecule has 118 valence electrons. The number of halogens is 1. The highest BCUT2D eigenvalue weighted by molar-refractivity contribution is 9.10. The SMILES string of the molecule is CN(Cc1c(Br)cnn1C)C(=O)c1ccn(CCC(=O)O)n1. The molecule has 1 N–H and O–H groups in total. The van der Waals surface area contributed by atoms with Crippen LogP contribution in [0.4, 0.5) is 0 Å². The molecule has 22 heavy (non-hydrogen) atoms. The van der Waals surface area contributed by atoms with E-state index in [9.17, 15) is 9.59 Å². The average Bonchev–Trinajstić information content (AvgIpc) is 3.06. The van der Waals surface area contributed by atoms with Crippen LogP contribution in [0.2, 0.25) is 0 Å². The molecule has 0 saturated heterocycles. The molecule has 0 unspecified atom stereocenters. The number of carbonyl (C=O) groups is 2. The van der Waals surface area contributed by atoms with Crippen molar-refractivity contribution in [1.29, 1.82) is 0 Å². The fourth-order valence-electron chi connectivity index (χ4n) is 1.92. The van der Waals surface area contributed by atoms with Crippen LogP contribution in [0.5, 0.6) is 0 Å². The lowest BCUT2D eigenvalue weighted by Crippen LogP contribution is -2.28. The molecule has 0 aromatic carbocycles. The number of amides is 1. The molecule has 0 fully saturated rings. The lowest BCUT2D eigenvalue weighted by molar-refractivity contribution is -0.137. The Morgan fingerprint density at radius 2 is 2.18 bits per heavy atom.